The van der Waals surface area contributed by atoms with Crippen molar-refractivity contribution < 1.29 is 9.59 Å². The predicted molar refractivity (Wildman–Crippen MR) is 133 cm³/mol. The number of anilines is 1. The van der Waals surface area contributed by atoms with Gasteiger partial charge in [-0.1, -0.05) is 66.2 Å². The Balaban J connectivity index is 1.32. The number of nitrogens with one attached hydrogen (secondary N) is 2. The lowest BCUT2D eigenvalue weighted by Crippen LogP contribution is -2.52. The number of carbonyl (C=O) groups excluding carboxylic acids is 2. The molecule has 0 aliphatic carbocycles. The molecule has 7 nitrogen and oxygen atoms in total. The smallest absolute Gasteiger partial charge is 0.324 e. The van der Waals surface area contributed by atoms with Crippen molar-refractivity contribution in [2.24, 2.45) is 0 Å². The van der Waals surface area contributed by atoms with Gasteiger partial charge in [0.15, 0.2) is 0 Å². The number of imidazole rings is 1. The quantitative estimate of drug-likeness (QED) is 0.441. The molecule has 1 aliphatic heterocycles. The molecular weight excluding hydrogens is 450 g/mol. The molecule has 1 aliphatic rings. The molecule has 0 spiro atoms. The van der Waals surface area contributed by atoms with Crippen molar-refractivity contribution >= 4 is 40.5 Å². The van der Waals surface area contributed by atoms with Crippen molar-refractivity contribution in [3.05, 3.63) is 95.0 Å². The summed E-state index contributed by atoms with van der Waals surface area (Å²) in [4.78, 5) is 32.6. The van der Waals surface area contributed by atoms with E-state index in [1.54, 1.807) is 17.0 Å². The summed E-state index contributed by atoms with van der Waals surface area (Å²) in [5.41, 5.74) is 3.73. The number of para-hydroxylation sites is 2. The Morgan fingerprint density at radius 2 is 1.65 bits per heavy atom. The molecule has 2 heterocycles. The Morgan fingerprint density at radius 1 is 0.912 bits per heavy atom. The largest absolute Gasteiger partial charge is 0.350 e. The Kier molecular flexibility index (Phi) is 6.18. The van der Waals surface area contributed by atoms with Gasteiger partial charge in [0, 0.05) is 31.1 Å². The molecule has 0 unspecified atom stereocenters. The number of carbonyl (C=O) groups is 2. The van der Waals surface area contributed by atoms with E-state index in [0.29, 0.717) is 37.0 Å². The molecule has 4 aromatic rings. The summed E-state index contributed by atoms with van der Waals surface area (Å²) in [7, 11) is 0. The van der Waals surface area contributed by atoms with Gasteiger partial charge >= 0.3 is 6.03 Å². The SMILES string of the molecule is O=C(NCc1ccc(Cl)cc1)[C@H](Cc1ccccc1)NC(=O)N1CCn2c1nc1ccccc12. The maximum absolute atomic E-state index is 13.3. The van der Waals surface area contributed by atoms with E-state index < -0.39 is 6.04 Å². The molecule has 3 aromatic carbocycles. The summed E-state index contributed by atoms with van der Waals surface area (Å²) in [5, 5.41) is 6.52. The topological polar surface area (TPSA) is 79.3 Å². The molecule has 8 heteroatoms. The van der Waals surface area contributed by atoms with Crippen LogP contribution in [0.25, 0.3) is 11.0 Å². The van der Waals surface area contributed by atoms with E-state index in [2.05, 4.69) is 15.6 Å². The Bertz CT molecular complexity index is 1320. The van der Waals surface area contributed by atoms with Gasteiger partial charge < -0.3 is 15.2 Å². The molecule has 172 valence electrons. The number of amides is 3. The monoisotopic (exact) mass is 473 g/mol. The molecule has 1 aromatic heterocycles. The summed E-state index contributed by atoms with van der Waals surface area (Å²) in [6, 6.07) is 23.7. The summed E-state index contributed by atoms with van der Waals surface area (Å²) in [5.74, 6) is 0.346. The second-order valence-corrected chi connectivity index (χ2v) is 8.68. The van der Waals surface area contributed by atoms with Gasteiger partial charge in [0.05, 0.1) is 11.0 Å². The van der Waals surface area contributed by atoms with Crippen molar-refractivity contribution in [3.63, 3.8) is 0 Å². The van der Waals surface area contributed by atoms with Crippen LogP contribution in [-0.2, 0) is 24.3 Å². The van der Waals surface area contributed by atoms with E-state index in [4.69, 9.17) is 11.6 Å². The highest BCUT2D eigenvalue weighted by Crippen LogP contribution is 2.27. The zero-order valence-electron chi connectivity index (χ0n) is 18.4. The number of nitrogens with zero attached hydrogens (tertiary/aromatic N) is 3. The van der Waals surface area contributed by atoms with Crippen LogP contribution >= 0.6 is 11.6 Å². The molecule has 2 N–H and O–H groups in total. The minimum atomic E-state index is -0.736. The first-order valence-electron chi connectivity index (χ1n) is 11.2. The lowest BCUT2D eigenvalue weighted by atomic mass is 10.1. The third kappa shape index (κ3) is 4.61. The highest BCUT2D eigenvalue weighted by molar-refractivity contribution is 6.30. The zero-order valence-corrected chi connectivity index (χ0v) is 19.2. The van der Waals surface area contributed by atoms with Gasteiger partial charge in [-0.2, -0.15) is 0 Å². The van der Waals surface area contributed by atoms with Crippen LogP contribution in [0.15, 0.2) is 78.9 Å². The van der Waals surface area contributed by atoms with Gasteiger partial charge in [-0.05, 0) is 35.4 Å². The van der Waals surface area contributed by atoms with Crippen LogP contribution in [0.3, 0.4) is 0 Å². The third-order valence-electron chi connectivity index (χ3n) is 5.95. The molecule has 1 atom stereocenters. The molecule has 0 bridgehead atoms. The number of fused-ring (bicyclic) bond motifs is 3. The van der Waals surface area contributed by atoms with Gasteiger partial charge in [-0.3, -0.25) is 9.69 Å². The van der Waals surface area contributed by atoms with E-state index in [1.807, 2.05) is 71.3 Å². The first-order chi connectivity index (χ1) is 16.6. The number of hydrogen-bond acceptors (Lipinski definition) is 3. The van der Waals surface area contributed by atoms with Gasteiger partial charge in [0.25, 0.3) is 0 Å². The maximum Gasteiger partial charge on any atom is 0.324 e. The number of benzene rings is 3. The molecule has 0 fully saturated rings. The number of rotatable bonds is 6. The summed E-state index contributed by atoms with van der Waals surface area (Å²) in [6.07, 6.45) is 0.378. The summed E-state index contributed by atoms with van der Waals surface area (Å²) < 4.78 is 2.03. The normalized spacial score (nSPS) is 13.5. The summed E-state index contributed by atoms with van der Waals surface area (Å²) in [6.45, 7) is 1.51. The standard InChI is InChI=1S/C26H24ClN5O2/c27-20-12-10-19(11-13-20)17-28-24(33)22(16-18-6-2-1-3-7-18)30-26(34)32-15-14-31-23-9-5-4-8-21(23)29-25(31)32/h1-13,22H,14-17H2,(H,28,33)(H,30,34)/t22-/m0/s1. The highest BCUT2D eigenvalue weighted by atomic mass is 35.5. The van der Waals surface area contributed by atoms with E-state index in [-0.39, 0.29) is 11.9 Å². The lowest BCUT2D eigenvalue weighted by molar-refractivity contribution is -0.123. The predicted octanol–water partition coefficient (Wildman–Crippen LogP) is 4.15. The van der Waals surface area contributed by atoms with Crippen molar-refractivity contribution in [2.75, 3.05) is 11.4 Å². The average molecular weight is 474 g/mol. The van der Waals surface area contributed by atoms with Gasteiger partial charge in [0.2, 0.25) is 11.9 Å². The molecule has 0 saturated carbocycles. The van der Waals surface area contributed by atoms with Crippen LogP contribution < -0.4 is 15.5 Å². The fraction of sp³-hybridized carbons (Fsp3) is 0.192. The van der Waals surface area contributed by atoms with Crippen molar-refractivity contribution in [3.8, 4) is 0 Å². The molecule has 0 radical (unpaired) electrons. The van der Waals surface area contributed by atoms with E-state index in [1.165, 1.54) is 0 Å². The van der Waals surface area contributed by atoms with Crippen LogP contribution in [-0.4, -0.2) is 34.1 Å². The lowest BCUT2D eigenvalue weighted by Gasteiger charge is -2.22. The zero-order chi connectivity index (χ0) is 23.5. The van der Waals surface area contributed by atoms with E-state index in [0.717, 1.165) is 22.2 Å². The molecule has 5 rings (SSSR count). The number of urea groups is 1. The third-order valence-corrected chi connectivity index (χ3v) is 6.20. The molecule has 34 heavy (non-hydrogen) atoms. The molecule has 3 amide bonds. The van der Waals surface area contributed by atoms with Gasteiger partial charge in [0.1, 0.15) is 6.04 Å². The number of halogens is 1. The van der Waals surface area contributed by atoms with Crippen LogP contribution in [0.5, 0.6) is 0 Å². The van der Waals surface area contributed by atoms with Gasteiger partial charge in [-0.25, -0.2) is 9.78 Å². The second-order valence-electron chi connectivity index (χ2n) is 8.24. The van der Waals surface area contributed by atoms with Crippen molar-refractivity contribution in [1.29, 1.82) is 0 Å². The van der Waals surface area contributed by atoms with Crippen LogP contribution in [0.1, 0.15) is 11.1 Å². The maximum atomic E-state index is 13.3. The van der Waals surface area contributed by atoms with E-state index >= 15 is 0 Å². The Labute approximate surface area is 202 Å². The van der Waals surface area contributed by atoms with Gasteiger partial charge in [-0.15, -0.1) is 0 Å². The van der Waals surface area contributed by atoms with Crippen molar-refractivity contribution in [2.45, 2.75) is 25.6 Å². The average Bonchev–Trinajstić information content (AvgIpc) is 3.43. The van der Waals surface area contributed by atoms with Crippen molar-refractivity contribution in [1.82, 2.24) is 20.2 Å². The van der Waals surface area contributed by atoms with Crippen LogP contribution in [0, 0.1) is 0 Å². The van der Waals surface area contributed by atoms with Crippen LogP contribution in [0.4, 0.5) is 10.7 Å². The number of aromatic nitrogens is 2. The minimum absolute atomic E-state index is 0.250. The Morgan fingerprint density at radius 3 is 2.44 bits per heavy atom. The first-order valence-corrected chi connectivity index (χ1v) is 11.6. The van der Waals surface area contributed by atoms with E-state index in [9.17, 15) is 9.59 Å². The fourth-order valence-corrected chi connectivity index (χ4v) is 4.31. The molecule has 0 saturated heterocycles. The number of hydrogen-bond donors (Lipinski definition) is 2. The highest BCUT2D eigenvalue weighted by Gasteiger charge is 2.31. The second kappa shape index (κ2) is 9.57. The Hall–Kier alpha value is -3.84. The fourth-order valence-electron chi connectivity index (χ4n) is 4.18. The molecular formula is C26H24ClN5O2. The minimum Gasteiger partial charge on any atom is -0.350 e. The summed E-state index contributed by atoms with van der Waals surface area (Å²) >= 11 is 5.95. The van der Waals surface area contributed by atoms with Crippen LogP contribution in [0.2, 0.25) is 5.02 Å². The first kappa shape index (κ1) is 22.0.